The van der Waals surface area contributed by atoms with Crippen LogP contribution in [0.5, 0.6) is 0 Å². The summed E-state index contributed by atoms with van der Waals surface area (Å²) in [6.07, 6.45) is 6.82. The van der Waals surface area contributed by atoms with Gasteiger partial charge in [-0.25, -0.2) is 0 Å². The topological polar surface area (TPSA) is 12.0 Å². The largest absolute Gasteiger partial charge is 0.313 e. The van der Waals surface area contributed by atoms with E-state index < -0.39 is 0 Å². The maximum atomic E-state index is 3.45. The minimum atomic E-state index is 0.528. The molecule has 1 rings (SSSR count). The van der Waals surface area contributed by atoms with E-state index in [0.717, 1.165) is 0 Å². The smallest absolute Gasteiger partial charge is 0.0348 e. The molecule has 0 aromatic rings. The summed E-state index contributed by atoms with van der Waals surface area (Å²) >= 11 is 0. The predicted octanol–water partition coefficient (Wildman–Crippen LogP) is 3.00. The molecule has 0 spiro atoms. The first kappa shape index (κ1) is 11.5. The number of allylic oxidation sites excluding steroid dienone is 2. The number of likely N-dealkylation sites (N-methyl/N-ethyl adjacent to an activating group) is 1. The SMILES string of the molecule is CNC1C(C(C)C)=CC=CC1C(C)C. The Morgan fingerprint density at radius 2 is 1.86 bits per heavy atom. The molecule has 2 unspecified atom stereocenters. The monoisotopic (exact) mass is 193 g/mol. The first-order valence-corrected chi connectivity index (χ1v) is 5.63. The van der Waals surface area contributed by atoms with Gasteiger partial charge in [-0.05, 0) is 24.8 Å². The fourth-order valence-electron chi connectivity index (χ4n) is 2.25. The van der Waals surface area contributed by atoms with Crippen LogP contribution in [0.4, 0.5) is 0 Å². The lowest BCUT2D eigenvalue weighted by atomic mass is 9.78. The first-order chi connectivity index (χ1) is 6.57. The van der Waals surface area contributed by atoms with E-state index in [4.69, 9.17) is 0 Å². The highest BCUT2D eigenvalue weighted by atomic mass is 14.9. The van der Waals surface area contributed by atoms with E-state index in [1.807, 2.05) is 0 Å². The Balaban J connectivity index is 2.87. The van der Waals surface area contributed by atoms with Crippen LogP contribution in [-0.2, 0) is 0 Å². The van der Waals surface area contributed by atoms with Crippen molar-refractivity contribution in [1.29, 1.82) is 0 Å². The summed E-state index contributed by atoms with van der Waals surface area (Å²) in [5.41, 5.74) is 1.54. The summed E-state index contributed by atoms with van der Waals surface area (Å²) in [5, 5.41) is 3.45. The van der Waals surface area contributed by atoms with Gasteiger partial charge in [-0.1, -0.05) is 51.5 Å². The zero-order valence-corrected chi connectivity index (χ0v) is 10.0. The Labute approximate surface area is 88.3 Å². The molecular weight excluding hydrogens is 170 g/mol. The van der Waals surface area contributed by atoms with Crippen molar-refractivity contribution in [1.82, 2.24) is 5.32 Å². The van der Waals surface area contributed by atoms with E-state index in [1.165, 1.54) is 5.57 Å². The van der Waals surface area contributed by atoms with Crippen molar-refractivity contribution in [3.05, 3.63) is 23.8 Å². The molecule has 1 nitrogen and oxygen atoms in total. The van der Waals surface area contributed by atoms with Gasteiger partial charge in [0.15, 0.2) is 0 Å². The fraction of sp³-hybridized carbons (Fsp3) is 0.692. The summed E-state index contributed by atoms with van der Waals surface area (Å²) in [6.45, 7) is 9.13. The average Bonchev–Trinajstić information content (AvgIpc) is 2.16. The third-order valence-corrected chi connectivity index (χ3v) is 3.11. The van der Waals surface area contributed by atoms with Crippen LogP contribution in [0.15, 0.2) is 23.8 Å². The van der Waals surface area contributed by atoms with Crippen LogP contribution >= 0.6 is 0 Å². The van der Waals surface area contributed by atoms with Crippen molar-refractivity contribution in [3.8, 4) is 0 Å². The highest BCUT2D eigenvalue weighted by Crippen LogP contribution is 2.29. The molecule has 0 saturated heterocycles. The molecular formula is C13H23N. The second-order valence-electron chi connectivity index (χ2n) is 4.79. The highest BCUT2D eigenvalue weighted by molar-refractivity contribution is 5.28. The molecule has 14 heavy (non-hydrogen) atoms. The molecule has 0 amide bonds. The minimum Gasteiger partial charge on any atom is -0.313 e. The first-order valence-electron chi connectivity index (χ1n) is 5.63. The molecule has 1 heteroatoms. The van der Waals surface area contributed by atoms with Crippen molar-refractivity contribution >= 4 is 0 Å². The van der Waals surface area contributed by atoms with Crippen LogP contribution in [-0.4, -0.2) is 13.1 Å². The molecule has 0 radical (unpaired) electrons. The Morgan fingerprint density at radius 1 is 1.21 bits per heavy atom. The molecule has 0 heterocycles. The lowest BCUT2D eigenvalue weighted by Crippen LogP contribution is -2.39. The van der Waals surface area contributed by atoms with Crippen LogP contribution < -0.4 is 5.32 Å². The Kier molecular flexibility index (Phi) is 3.94. The zero-order chi connectivity index (χ0) is 10.7. The summed E-state index contributed by atoms with van der Waals surface area (Å²) in [7, 11) is 2.06. The van der Waals surface area contributed by atoms with E-state index >= 15 is 0 Å². The van der Waals surface area contributed by atoms with Gasteiger partial charge in [0.05, 0.1) is 0 Å². The summed E-state index contributed by atoms with van der Waals surface area (Å²) in [5.74, 6) is 1.98. The maximum Gasteiger partial charge on any atom is 0.0348 e. The molecule has 1 aliphatic carbocycles. The summed E-state index contributed by atoms with van der Waals surface area (Å²) in [6, 6.07) is 0.528. The van der Waals surface area contributed by atoms with Gasteiger partial charge in [-0.2, -0.15) is 0 Å². The lowest BCUT2D eigenvalue weighted by Gasteiger charge is -2.33. The Bertz CT molecular complexity index is 236. The number of rotatable bonds is 3. The maximum absolute atomic E-state index is 3.45. The van der Waals surface area contributed by atoms with E-state index in [9.17, 15) is 0 Å². The number of hydrogen-bond donors (Lipinski definition) is 1. The van der Waals surface area contributed by atoms with Crippen LogP contribution in [0, 0.1) is 17.8 Å². The molecule has 0 fully saturated rings. The quantitative estimate of drug-likeness (QED) is 0.726. The third kappa shape index (κ3) is 2.27. The second-order valence-corrected chi connectivity index (χ2v) is 4.79. The molecule has 0 bridgehead atoms. The van der Waals surface area contributed by atoms with Gasteiger partial charge in [-0.3, -0.25) is 0 Å². The normalized spacial score (nSPS) is 27.2. The molecule has 0 aromatic carbocycles. The highest BCUT2D eigenvalue weighted by Gasteiger charge is 2.27. The minimum absolute atomic E-state index is 0.528. The lowest BCUT2D eigenvalue weighted by molar-refractivity contribution is 0.360. The molecule has 80 valence electrons. The van der Waals surface area contributed by atoms with Crippen LogP contribution in [0.25, 0.3) is 0 Å². The molecule has 1 N–H and O–H groups in total. The van der Waals surface area contributed by atoms with Gasteiger partial charge >= 0.3 is 0 Å². The Morgan fingerprint density at radius 3 is 2.29 bits per heavy atom. The van der Waals surface area contributed by atoms with Gasteiger partial charge in [-0.15, -0.1) is 0 Å². The number of hydrogen-bond acceptors (Lipinski definition) is 1. The van der Waals surface area contributed by atoms with Gasteiger partial charge in [0.2, 0.25) is 0 Å². The predicted molar refractivity (Wildman–Crippen MR) is 63.2 cm³/mol. The van der Waals surface area contributed by atoms with Crippen LogP contribution in [0.2, 0.25) is 0 Å². The van der Waals surface area contributed by atoms with Gasteiger partial charge in [0.25, 0.3) is 0 Å². The zero-order valence-electron chi connectivity index (χ0n) is 10.0. The third-order valence-electron chi connectivity index (χ3n) is 3.11. The average molecular weight is 193 g/mol. The standard InChI is InChI=1S/C13H23N/c1-9(2)11-7-6-8-12(10(3)4)13(11)14-5/h6-11,13-14H,1-5H3. The van der Waals surface area contributed by atoms with E-state index in [-0.39, 0.29) is 0 Å². The van der Waals surface area contributed by atoms with Gasteiger partial charge in [0, 0.05) is 6.04 Å². The second kappa shape index (κ2) is 4.79. The molecule has 2 atom stereocenters. The molecule has 1 aliphatic rings. The van der Waals surface area contributed by atoms with Crippen LogP contribution in [0.1, 0.15) is 27.7 Å². The van der Waals surface area contributed by atoms with Gasteiger partial charge in [0.1, 0.15) is 0 Å². The molecule has 0 saturated carbocycles. The van der Waals surface area contributed by atoms with Crippen molar-refractivity contribution in [3.63, 3.8) is 0 Å². The van der Waals surface area contributed by atoms with Crippen LogP contribution in [0.3, 0.4) is 0 Å². The van der Waals surface area contributed by atoms with E-state index in [1.54, 1.807) is 0 Å². The van der Waals surface area contributed by atoms with E-state index in [2.05, 4.69) is 58.3 Å². The van der Waals surface area contributed by atoms with Crippen molar-refractivity contribution in [2.75, 3.05) is 7.05 Å². The fourth-order valence-corrected chi connectivity index (χ4v) is 2.25. The number of nitrogens with one attached hydrogen (secondary N) is 1. The van der Waals surface area contributed by atoms with Gasteiger partial charge < -0.3 is 5.32 Å². The molecule has 0 aliphatic heterocycles. The Hall–Kier alpha value is -0.560. The summed E-state index contributed by atoms with van der Waals surface area (Å²) in [4.78, 5) is 0. The van der Waals surface area contributed by atoms with E-state index in [0.29, 0.717) is 23.8 Å². The van der Waals surface area contributed by atoms with Crippen molar-refractivity contribution in [2.45, 2.75) is 33.7 Å². The summed E-state index contributed by atoms with van der Waals surface area (Å²) < 4.78 is 0. The van der Waals surface area contributed by atoms with Crippen molar-refractivity contribution in [2.24, 2.45) is 17.8 Å². The molecule has 0 aromatic heterocycles. The van der Waals surface area contributed by atoms with Crippen molar-refractivity contribution < 1.29 is 0 Å².